The lowest BCUT2D eigenvalue weighted by Gasteiger charge is -2.41. The van der Waals surface area contributed by atoms with Gasteiger partial charge in [0.25, 0.3) is 0 Å². The van der Waals surface area contributed by atoms with Crippen LogP contribution in [0.2, 0.25) is 0 Å². The van der Waals surface area contributed by atoms with Crippen LogP contribution in [0.1, 0.15) is 41.5 Å². The average molecular weight is 244 g/mol. The molecule has 1 rings (SSSR count). The van der Waals surface area contributed by atoms with E-state index < -0.39 is 18.3 Å². The molecule has 4 heteroatoms. The zero-order valence-corrected chi connectivity index (χ0v) is 11.6. The summed E-state index contributed by atoms with van der Waals surface area (Å²) in [6.07, 6.45) is -1.59. The van der Waals surface area contributed by atoms with Crippen LogP contribution in [0.25, 0.3) is 0 Å². The SMILES string of the molecule is CC(C)[C@H](O)[C@H]1C(=O)O[C@H](C(C)(C)C)O[C@@H]1C. The quantitative estimate of drug-likeness (QED) is 0.754. The Morgan fingerprint density at radius 3 is 2.18 bits per heavy atom. The summed E-state index contributed by atoms with van der Waals surface area (Å²) in [6.45, 7) is 11.4. The lowest BCUT2D eigenvalue weighted by atomic mass is 9.87. The Balaban J connectivity index is 2.79. The van der Waals surface area contributed by atoms with E-state index in [2.05, 4.69) is 0 Å². The Kier molecular flexibility index (Phi) is 4.20. The molecule has 0 aromatic heterocycles. The maximum atomic E-state index is 11.9. The normalized spacial score (nSPS) is 32.5. The molecule has 0 unspecified atom stereocenters. The van der Waals surface area contributed by atoms with Gasteiger partial charge < -0.3 is 14.6 Å². The maximum absolute atomic E-state index is 11.9. The highest BCUT2D eigenvalue weighted by Crippen LogP contribution is 2.33. The van der Waals surface area contributed by atoms with Crippen molar-refractivity contribution < 1.29 is 19.4 Å². The first kappa shape index (κ1) is 14.5. The van der Waals surface area contributed by atoms with Gasteiger partial charge in [-0.1, -0.05) is 34.6 Å². The van der Waals surface area contributed by atoms with Crippen LogP contribution in [-0.2, 0) is 14.3 Å². The molecule has 0 aromatic carbocycles. The summed E-state index contributed by atoms with van der Waals surface area (Å²) < 4.78 is 11.0. The number of carbonyl (C=O) groups excluding carboxylic acids is 1. The number of ether oxygens (including phenoxy) is 2. The topological polar surface area (TPSA) is 55.8 Å². The van der Waals surface area contributed by atoms with Crippen molar-refractivity contribution in [1.82, 2.24) is 0 Å². The Labute approximate surface area is 103 Å². The van der Waals surface area contributed by atoms with Gasteiger partial charge in [-0.15, -0.1) is 0 Å². The largest absolute Gasteiger partial charge is 0.435 e. The van der Waals surface area contributed by atoms with Crippen molar-refractivity contribution in [1.29, 1.82) is 0 Å². The van der Waals surface area contributed by atoms with Crippen molar-refractivity contribution in [3.8, 4) is 0 Å². The molecule has 1 saturated heterocycles. The first-order chi connectivity index (χ1) is 7.64. The second kappa shape index (κ2) is 4.94. The molecular weight excluding hydrogens is 220 g/mol. The fourth-order valence-corrected chi connectivity index (χ4v) is 1.90. The van der Waals surface area contributed by atoms with Crippen LogP contribution < -0.4 is 0 Å². The Bertz CT molecular complexity index is 280. The van der Waals surface area contributed by atoms with Crippen LogP contribution in [0.5, 0.6) is 0 Å². The fraction of sp³-hybridized carbons (Fsp3) is 0.923. The number of rotatable bonds is 2. The van der Waals surface area contributed by atoms with Gasteiger partial charge in [0.2, 0.25) is 6.29 Å². The molecule has 100 valence electrons. The highest BCUT2D eigenvalue weighted by molar-refractivity contribution is 5.74. The Morgan fingerprint density at radius 1 is 1.29 bits per heavy atom. The summed E-state index contributed by atoms with van der Waals surface area (Å²) in [5, 5.41) is 10.0. The molecular formula is C13H24O4. The summed E-state index contributed by atoms with van der Waals surface area (Å²) in [6, 6.07) is 0. The third kappa shape index (κ3) is 3.19. The van der Waals surface area contributed by atoms with E-state index in [1.807, 2.05) is 41.5 Å². The minimum Gasteiger partial charge on any atom is -0.435 e. The molecule has 1 heterocycles. The summed E-state index contributed by atoms with van der Waals surface area (Å²) in [5.41, 5.74) is -0.252. The van der Waals surface area contributed by atoms with E-state index in [1.165, 1.54) is 0 Å². The molecule has 1 N–H and O–H groups in total. The molecule has 17 heavy (non-hydrogen) atoms. The summed E-state index contributed by atoms with van der Waals surface area (Å²) in [7, 11) is 0. The fourth-order valence-electron chi connectivity index (χ4n) is 1.90. The van der Waals surface area contributed by atoms with E-state index in [0.717, 1.165) is 0 Å². The van der Waals surface area contributed by atoms with E-state index >= 15 is 0 Å². The lowest BCUT2D eigenvalue weighted by Crippen LogP contribution is -2.52. The van der Waals surface area contributed by atoms with E-state index in [-0.39, 0.29) is 23.4 Å². The summed E-state index contributed by atoms with van der Waals surface area (Å²) in [5.74, 6) is -0.941. The highest BCUT2D eigenvalue weighted by atomic mass is 16.7. The summed E-state index contributed by atoms with van der Waals surface area (Å²) in [4.78, 5) is 11.9. The second-order valence-corrected chi connectivity index (χ2v) is 6.24. The molecule has 1 aliphatic heterocycles. The molecule has 0 aromatic rings. The predicted octanol–water partition coefficient (Wildman–Crippen LogP) is 1.95. The van der Waals surface area contributed by atoms with Gasteiger partial charge in [-0.2, -0.15) is 0 Å². The number of aliphatic hydroxyl groups is 1. The van der Waals surface area contributed by atoms with Crippen LogP contribution in [0.3, 0.4) is 0 Å². The van der Waals surface area contributed by atoms with Crippen molar-refractivity contribution in [2.75, 3.05) is 0 Å². The molecule has 0 aliphatic carbocycles. The molecule has 0 radical (unpaired) electrons. The van der Waals surface area contributed by atoms with E-state index in [1.54, 1.807) is 0 Å². The van der Waals surface area contributed by atoms with Crippen molar-refractivity contribution in [3.05, 3.63) is 0 Å². The molecule has 1 fully saturated rings. The Hall–Kier alpha value is -0.610. The minimum absolute atomic E-state index is 0.00443. The smallest absolute Gasteiger partial charge is 0.316 e. The van der Waals surface area contributed by atoms with Gasteiger partial charge in [-0.05, 0) is 12.8 Å². The Morgan fingerprint density at radius 2 is 1.82 bits per heavy atom. The van der Waals surface area contributed by atoms with Gasteiger partial charge in [0.1, 0.15) is 5.92 Å². The van der Waals surface area contributed by atoms with Gasteiger partial charge in [0.15, 0.2) is 0 Å². The molecule has 4 nitrogen and oxygen atoms in total. The van der Waals surface area contributed by atoms with Crippen LogP contribution >= 0.6 is 0 Å². The summed E-state index contributed by atoms with van der Waals surface area (Å²) >= 11 is 0. The zero-order valence-electron chi connectivity index (χ0n) is 11.6. The van der Waals surface area contributed by atoms with Crippen LogP contribution in [-0.4, -0.2) is 29.6 Å². The first-order valence-corrected chi connectivity index (χ1v) is 6.18. The van der Waals surface area contributed by atoms with Crippen molar-refractivity contribution in [2.24, 2.45) is 17.3 Å². The molecule has 0 spiro atoms. The third-order valence-corrected chi connectivity index (χ3v) is 3.10. The second-order valence-electron chi connectivity index (χ2n) is 6.24. The average Bonchev–Trinajstić information content (AvgIpc) is 2.14. The number of carbonyl (C=O) groups is 1. The molecule has 0 saturated carbocycles. The van der Waals surface area contributed by atoms with Gasteiger partial charge >= 0.3 is 5.97 Å². The van der Waals surface area contributed by atoms with Gasteiger partial charge in [-0.3, -0.25) is 4.79 Å². The van der Waals surface area contributed by atoms with Crippen molar-refractivity contribution in [3.63, 3.8) is 0 Å². The van der Waals surface area contributed by atoms with Gasteiger partial charge in [0, 0.05) is 5.41 Å². The monoisotopic (exact) mass is 244 g/mol. The van der Waals surface area contributed by atoms with Crippen molar-refractivity contribution in [2.45, 2.75) is 60.0 Å². The number of cyclic esters (lactones) is 1. The molecule has 0 amide bonds. The maximum Gasteiger partial charge on any atom is 0.316 e. The van der Waals surface area contributed by atoms with Gasteiger partial charge in [0.05, 0.1) is 12.2 Å². The highest BCUT2D eigenvalue weighted by Gasteiger charge is 2.45. The minimum atomic E-state index is -0.724. The molecule has 0 bridgehead atoms. The lowest BCUT2D eigenvalue weighted by molar-refractivity contribution is -0.262. The first-order valence-electron chi connectivity index (χ1n) is 6.18. The van der Waals surface area contributed by atoms with Crippen LogP contribution in [0.15, 0.2) is 0 Å². The van der Waals surface area contributed by atoms with Gasteiger partial charge in [-0.25, -0.2) is 0 Å². The number of aliphatic hydroxyl groups excluding tert-OH is 1. The van der Waals surface area contributed by atoms with E-state index in [0.29, 0.717) is 0 Å². The van der Waals surface area contributed by atoms with Crippen LogP contribution in [0.4, 0.5) is 0 Å². The predicted molar refractivity (Wildman–Crippen MR) is 64.2 cm³/mol. The van der Waals surface area contributed by atoms with Crippen LogP contribution in [0, 0.1) is 17.3 Å². The van der Waals surface area contributed by atoms with E-state index in [4.69, 9.17) is 9.47 Å². The molecule has 4 atom stereocenters. The number of hydrogen-bond acceptors (Lipinski definition) is 4. The number of hydrogen-bond donors (Lipinski definition) is 1. The van der Waals surface area contributed by atoms with Crippen molar-refractivity contribution >= 4 is 5.97 Å². The molecule has 1 aliphatic rings. The standard InChI is InChI=1S/C13H24O4/c1-7(2)10(14)9-8(3)16-12(13(4,5)6)17-11(9)15/h7-10,12,14H,1-6H3/t8-,9+,10+,12-/m1/s1. The third-order valence-electron chi connectivity index (χ3n) is 3.10. The van der Waals surface area contributed by atoms with E-state index in [9.17, 15) is 9.90 Å². The zero-order chi connectivity index (χ0) is 13.4. The number of esters is 1.